The number of rotatable bonds is 5. The predicted molar refractivity (Wildman–Crippen MR) is 55.4 cm³/mol. The van der Waals surface area contributed by atoms with Gasteiger partial charge in [0.05, 0.1) is 12.5 Å². The largest absolute Gasteiger partial charge is 0.481 e. The molecule has 0 saturated carbocycles. The van der Waals surface area contributed by atoms with Crippen LogP contribution in [0.5, 0.6) is 0 Å². The number of thioether (sulfide) groups is 1. The molecule has 5 heteroatoms. The highest BCUT2D eigenvalue weighted by atomic mass is 32.2. The van der Waals surface area contributed by atoms with E-state index in [1.54, 1.807) is 12.1 Å². The minimum atomic E-state index is -1.03. The zero-order valence-electron chi connectivity index (χ0n) is 7.89. The molecule has 1 unspecified atom stereocenters. The van der Waals surface area contributed by atoms with E-state index in [4.69, 9.17) is 5.11 Å². The molecule has 0 spiro atoms. The van der Waals surface area contributed by atoms with Crippen LogP contribution in [0, 0.1) is 5.82 Å². The van der Waals surface area contributed by atoms with E-state index in [-0.39, 0.29) is 18.0 Å². The number of carbonyl (C=O) groups is 1. The molecule has 0 radical (unpaired) electrons. The van der Waals surface area contributed by atoms with Crippen molar-refractivity contribution < 1.29 is 19.4 Å². The quantitative estimate of drug-likeness (QED) is 0.757. The van der Waals surface area contributed by atoms with Crippen LogP contribution < -0.4 is 0 Å². The lowest BCUT2D eigenvalue weighted by Gasteiger charge is -2.06. The summed E-state index contributed by atoms with van der Waals surface area (Å²) in [6.45, 7) is 0. The Bertz CT molecular complexity index is 326. The molecule has 2 N–H and O–H groups in total. The molecule has 0 aliphatic carbocycles. The fourth-order valence-electron chi connectivity index (χ4n) is 0.984. The molecule has 1 aromatic carbocycles. The van der Waals surface area contributed by atoms with E-state index in [1.165, 1.54) is 23.9 Å². The molecule has 0 fully saturated rings. The topological polar surface area (TPSA) is 57.5 Å². The molecule has 0 aromatic heterocycles. The first kappa shape index (κ1) is 12.0. The average Bonchev–Trinajstić information content (AvgIpc) is 2.16. The summed E-state index contributed by atoms with van der Waals surface area (Å²) in [5.74, 6) is -1.05. The summed E-state index contributed by atoms with van der Waals surface area (Å²) < 4.78 is 12.5. The van der Waals surface area contributed by atoms with Gasteiger partial charge < -0.3 is 10.2 Å². The minimum Gasteiger partial charge on any atom is -0.481 e. The van der Waals surface area contributed by atoms with Gasteiger partial charge in [-0.05, 0) is 24.3 Å². The van der Waals surface area contributed by atoms with Gasteiger partial charge in [0, 0.05) is 10.6 Å². The van der Waals surface area contributed by atoms with E-state index in [1.807, 2.05) is 0 Å². The Kier molecular flexibility index (Phi) is 4.58. The van der Waals surface area contributed by atoms with Crippen LogP contribution in [0.3, 0.4) is 0 Å². The first-order valence-electron chi connectivity index (χ1n) is 4.36. The first-order chi connectivity index (χ1) is 7.08. The van der Waals surface area contributed by atoms with Gasteiger partial charge in [-0.1, -0.05) is 0 Å². The zero-order valence-corrected chi connectivity index (χ0v) is 8.71. The van der Waals surface area contributed by atoms with Crippen molar-refractivity contribution in [2.45, 2.75) is 17.4 Å². The summed E-state index contributed by atoms with van der Waals surface area (Å²) >= 11 is 1.30. The maximum absolute atomic E-state index is 12.5. The van der Waals surface area contributed by atoms with Gasteiger partial charge >= 0.3 is 5.97 Å². The van der Waals surface area contributed by atoms with Crippen LogP contribution >= 0.6 is 11.8 Å². The van der Waals surface area contributed by atoms with Gasteiger partial charge in [-0.3, -0.25) is 4.79 Å². The lowest BCUT2D eigenvalue weighted by Crippen LogP contribution is -2.15. The molecule has 0 aliphatic rings. The summed E-state index contributed by atoms with van der Waals surface area (Å²) in [7, 11) is 0. The predicted octanol–water partition coefficient (Wildman–Crippen LogP) is 1.75. The molecule has 3 nitrogen and oxygen atoms in total. The van der Waals surface area contributed by atoms with E-state index < -0.39 is 12.1 Å². The van der Waals surface area contributed by atoms with Crippen LogP contribution in [-0.2, 0) is 4.79 Å². The van der Waals surface area contributed by atoms with E-state index in [0.717, 1.165) is 4.90 Å². The van der Waals surface area contributed by atoms with Crippen molar-refractivity contribution in [2.24, 2.45) is 0 Å². The van der Waals surface area contributed by atoms with E-state index in [2.05, 4.69) is 0 Å². The standard InChI is InChI=1S/C10H11FO3S/c11-7-1-3-9(4-2-7)15-6-8(12)5-10(13)14/h1-4,8,12H,5-6H2,(H,13,14). The van der Waals surface area contributed by atoms with Gasteiger partial charge in [-0.2, -0.15) is 0 Å². The molecule has 1 atom stereocenters. The third-order valence-electron chi connectivity index (χ3n) is 1.67. The highest BCUT2D eigenvalue weighted by molar-refractivity contribution is 7.99. The van der Waals surface area contributed by atoms with Crippen molar-refractivity contribution in [1.29, 1.82) is 0 Å². The van der Waals surface area contributed by atoms with E-state index in [9.17, 15) is 14.3 Å². The second-order valence-electron chi connectivity index (χ2n) is 3.02. The van der Waals surface area contributed by atoms with Crippen LogP contribution in [0.15, 0.2) is 29.2 Å². The fraction of sp³-hybridized carbons (Fsp3) is 0.300. The number of aliphatic hydroxyl groups excluding tert-OH is 1. The van der Waals surface area contributed by atoms with Crippen LogP contribution in [-0.4, -0.2) is 28.0 Å². The monoisotopic (exact) mass is 230 g/mol. The number of carboxylic acids is 1. The molecule has 1 aromatic rings. The molecular weight excluding hydrogens is 219 g/mol. The molecule has 0 saturated heterocycles. The number of benzene rings is 1. The summed E-state index contributed by atoms with van der Waals surface area (Å²) in [5, 5.41) is 17.7. The number of aliphatic carboxylic acids is 1. The van der Waals surface area contributed by atoms with Crippen LogP contribution in [0.2, 0.25) is 0 Å². The zero-order chi connectivity index (χ0) is 11.3. The van der Waals surface area contributed by atoms with Crippen molar-refractivity contribution in [3.05, 3.63) is 30.1 Å². The van der Waals surface area contributed by atoms with Gasteiger partial charge in [-0.25, -0.2) is 4.39 Å². The molecule has 0 bridgehead atoms. The lowest BCUT2D eigenvalue weighted by molar-refractivity contribution is -0.138. The fourth-order valence-corrected chi connectivity index (χ4v) is 1.81. The smallest absolute Gasteiger partial charge is 0.306 e. The lowest BCUT2D eigenvalue weighted by atomic mass is 10.3. The van der Waals surface area contributed by atoms with Crippen molar-refractivity contribution in [2.75, 3.05) is 5.75 Å². The maximum atomic E-state index is 12.5. The van der Waals surface area contributed by atoms with Gasteiger partial charge in [0.15, 0.2) is 0 Å². The summed E-state index contributed by atoms with van der Waals surface area (Å²) in [6, 6.07) is 5.83. The third-order valence-corrected chi connectivity index (χ3v) is 2.82. The number of halogens is 1. The Balaban J connectivity index is 2.36. The first-order valence-corrected chi connectivity index (χ1v) is 5.34. The van der Waals surface area contributed by atoms with Crippen molar-refractivity contribution in [3.8, 4) is 0 Å². The minimum absolute atomic E-state index is 0.270. The SMILES string of the molecule is O=C(O)CC(O)CSc1ccc(F)cc1. The van der Waals surface area contributed by atoms with Crippen LogP contribution in [0.1, 0.15) is 6.42 Å². The van der Waals surface area contributed by atoms with Crippen LogP contribution in [0.4, 0.5) is 4.39 Å². The molecule has 82 valence electrons. The Morgan fingerprint density at radius 2 is 2.00 bits per heavy atom. The number of hydrogen-bond donors (Lipinski definition) is 2. The Hall–Kier alpha value is -1.07. The summed E-state index contributed by atoms with van der Waals surface area (Å²) in [6.07, 6.45) is -1.15. The highest BCUT2D eigenvalue weighted by Crippen LogP contribution is 2.19. The molecule has 0 amide bonds. The number of carboxylic acid groups (broad SMARTS) is 1. The Labute approximate surface area is 90.9 Å². The summed E-state index contributed by atoms with van der Waals surface area (Å²) in [5.41, 5.74) is 0. The molecule has 0 heterocycles. The highest BCUT2D eigenvalue weighted by Gasteiger charge is 2.09. The molecule has 15 heavy (non-hydrogen) atoms. The van der Waals surface area contributed by atoms with E-state index >= 15 is 0 Å². The molecule has 0 aliphatic heterocycles. The number of hydrogen-bond acceptors (Lipinski definition) is 3. The van der Waals surface area contributed by atoms with Gasteiger partial charge in [0.1, 0.15) is 5.82 Å². The van der Waals surface area contributed by atoms with Gasteiger partial charge in [-0.15, -0.1) is 11.8 Å². The second kappa shape index (κ2) is 5.72. The number of aliphatic hydroxyl groups is 1. The maximum Gasteiger partial charge on any atom is 0.306 e. The Morgan fingerprint density at radius 1 is 1.40 bits per heavy atom. The second-order valence-corrected chi connectivity index (χ2v) is 4.11. The third kappa shape index (κ3) is 4.80. The van der Waals surface area contributed by atoms with Crippen molar-refractivity contribution in [3.63, 3.8) is 0 Å². The van der Waals surface area contributed by atoms with Gasteiger partial charge in [0.2, 0.25) is 0 Å². The van der Waals surface area contributed by atoms with Crippen molar-refractivity contribution in [1.82, 2.24) is 0 Å². The average molecular weight is 230 g/mol. The normalized spacial score (nSPS) is 12.4. The van der Waals surface area contributed by atoms with Crippen molar-refractivity contribution >= 4 is 17.7 Å². The Morgan fingerprint density at radius 3 is 2.53 bits per heavy atom. The molecular formula is C10H11FO3S. The van der Waals surface area contributed by atoms with E-state index in [0.29, 0.717) is 0 Å². The molecule has 1 rings (SSSR count). The summed E-state index contributed by atoms with van der Waals surface area (Å²) in [4.78, 5) is 11.1. The van der Waals surface area contributed by atoms with Crippen LogP contribution in [0.25, 0.3) is 0 Å². The van der Waals surface area contributed by atoms with Gasteiger partial charge in [0.25, 0.3) is 0 Å².